The van der Waals surface area contributed by atoms with Crippen LogP contribution in [-0.4, -0.2) is 29.4 Å². The van der Waals surface area contributed by atoms with Gasteiger partial charge in [0.2, 0.25) is 5.91 Å². The molecule has 0 unspecified atom stereocenters. The average molecular weight is 283 g/mol. The molecular weight excluding hydrogens is 268 g/mol. The lowest BCUT2D eigenvalue weighted by molar-refractivity contribution is -0.124. The predicted octanol–water partition coefficient (Wildman–Crippen LogP) is 2.49. The number of likely N-dealkylation sites (N-methyl/N-ethyl adjacent to an activating group) is 1. The first-order valence-electron chi connectivity index (χ1n) is 5.46. The first-order chi connectivity index (χ1) is 8.49. The van der Waals surface area contributed by atoms with Gasteiger partial charge in [0.15, 0.2) is 0 Å². The van der Waals surface area contributed by atoms with Crippen molar-refractivity contribution < 1.29 is 4.79 Å². The lowest BCUT2D eigenvalue weighted by Crippen LogP contribution is -2.28. The predicted molar refractivity (Wildman–Crippen MR) is 79.5 cm³/mol. The molecule has 0 atom stereocenters. The molecule has 3 nitrogen and oxygen atoms in total. The summed E-state index contributed by atoms with van der Waals surface area (Å²) in [5, 5.41) is 0.673. The molecule has 1 aromatic rings. The molecule has 0 spiro atoms. The van der Waals surface area contributed by atoms with Crippen molar-refractivity contribution in [1.29, 1.82) is 0 Å². The number of hydrogen-bond donors (Lipinski definition) is 1. The number of thiocarbonyl (C=S) groups is 1. The summed E-state index contributed by atoms with van der Waals surface area (Å²) < 4.78 is 0. The van der Waals surface area contributed by atoms with Gasteiger partial charge in [-0.3, -0.25) is 4.79 Å². The van der Waals surface area contributed by atoms with E-state index in [1.165, 1.54) is 6.08 Å². The van der Waals surface area contributed by atoms with E-state index in [1.54, 1.807) is 30.2 Å². The average Bonchev–Trinajstić information content (AvgIpc) is 2.34. The van der Waals surface area contributed by atoms with Crippen LogP contribution in [0.25, 0.3) is 6.08 Å². The van der Waals surface area contributed by atoms with Crippen LogP contribution in [0.1, 0.15) is 12.0 Å². The monoisotopic (exact) mass is 282 g/mol. The van der Waals surface area contributed by atoms with Gasteiger partial charge in [0.05, 0.1) is 4.99 Å². The number of nitrogens with zero attached hydrogens (tertiary/aromatic N) is 1. The van der Waals surface area contributed by atoms with Gasteiger partial charge in [0, 0.05) is 31.1 Å². The Hall–Kier alpha value is -1.39. The number of rotatable bonds is 5. The van der Waals surface area contributed by atoms with Crippen molar-refractivity contribution in [3.63, 3.8) is 0 Å². The highest BCUT2D eigenvalue weighted by molar-refractivity contribution is 7.80. The van der Waals surface area contributed by atoms with Gasteiger partial charge < -0.3 is 10.6 Å². The maximum absolute atomic E-state index is 11.7. The Bertz CT molecular complexity index is 457. The lowest BCUT2D eigenvalue weighted by Gasteiger charge is -2.14. The second-order valence-corrected chi connectivity index (χ2v) is 4.82. The van der Waals surface area contributed by atoms with Gasteiger partial charge in [-0.1, -0.05) is 36.0 Å². The molecule has 1 rings (SSSR count). The van der Waals surface area contributed by atoms with Crippen LogP contribution in [0.15, 0.2) is 30.3 Å². The zero-order chi connectivity index (χ0) is 13.5. The number of amides is 1. The Kier molecular flexibility index (Phi) is 5.82. The molecule has 0 saturated carbocycles. The summed E-state index contributed by atoms with van der Waals surface area (Å²) in [4.78, 5) is 13.7. The Morgan fingerprint density at radius 2 is 2.06 bits per heavy atom. The molecule has 2 N–H and O–H groups in total. The van der Waals surface area contributed by atoms with Crippen molar-refractivity contribution in [2.24, 2.45) is 5.73 Å². The molecule has 0 saturated heterocycles. The molecule has 1 amide bonds. The first kappa shape index (κ1) is 14.7. The zero-order valence-electron chi connectivity index (χ0n) is 10.1. The Labute approximate surface area is 117 Å². The summed E-state index contributed by atoms with van der Waals surface area (Å²) in [6.45, 7) is 0.527. The van der Waals surface area contributed by atoms with E-state index in [1.807, 2.05) is 12.1 Å². The molecule has 5 heteroatoms. The van der Waals surface area contributed by atoms with Crippen molar-refractivity contribution in [1.82, 2.24) is 4.90 Å². The molecule has 18 heavy (non-hydrogen) atoms. The van der Waals surface area contributed by atoms with Gasteiger partial charge in [0.1, 0.15) is 0 Å². The molecular formula is C13H15ClN2OS. The minimum atomic E-state index is -0.0822. The van der Waals surface area contributed by atoms with Crippen LogP contribution in [0.3, 0.4) is 0 Å². The third-order valence-electron chi connectivity index (χ3n) is 2.36. The number of benzene rings is 1. The highest BCUT2D eigenvalue weighted by atomic mass is 35.5. The SMILES string of the molecule is CN(CCC(N)=S)C(=O)/C=C/c1ccc(Cl)cc1. The van der Waals surface area contributed by atoms with E-state index in [0.29, 0.717) is 23.0 Å². The third-order valence-corrected chi connectivity index (χ3v) is 2.81. The van der Waals surface area contributed by atoms with E-state index in [2.05, 4.69) is 0 Å². The highest BCUT2D eigenvalue weighted by Crippen LogP contribution is 2.10. The van der Waals surface area contributed by atoms with Gasteiger partial charge in [-0.2, -0.15) is 0 Å². The largest absolute Gasteiger partial charge is 0.393 e. The minimum Gasteiger partial charge on any atom is -0.393 e. The minimum absolute atomic E-state index is 0.0822. The number of nitrogens with two attached hydrogens (primary N) is 1. The molecule has 0 heterocycles. The van der Waals surface area contributed by atoms with Crippen LogP contribution >= 0.6 is 23.8 Å². The molecule has 0 aliphatic rings. The summed E-state index contributed by atoms with van der Waals surface area (Å²) in [6.07, 6.45) is 3.80. The molecule has 0 radical (unpaired) electrons. The standard InChI is InChI=1S/C13H15ClN2OS/c1-16(9-8-12(15)18)13(17)7-4-10-2-5-11(14)6-3-10/h2-7H,8-9H2,1H3,(H2,15,18)/b7-4+. The Morgan fingerprint density at radius 1 is 1.44 bits per heavy atom. The summed E-state index contributed by atoms with van der Waals surface area (Å²) in [5.74, 6) is -0.0822. The van der Waals surface area contributed by atoms with Crippen molar-refractivity contribution in [2.75, 3.05) is 13.6 Å². The van der Waals surface area contributed by atoms with E-state index in [4.69, 9.17) is 29.6 Å². The van der Waals surface area contributed by atoms with E-state index in [9.17, 15) is 4.79 Å². The van der Waals surface area contributed by atoms with Crippen LogP contribution in [0.5, 0.6) is 0 Å². The first-order valence-corrected chi connectivity index (χ1v) is 6.24. The van der Waals surface area contributed by atoms with Gasteiger partial charge in [0.25, 0.3) is 0 Å². The molecule has 0 aliphatic heterocycles. The number of carbonyl (C=O) groups is 1. The highest BCUT2D eigenvalue weighted by Gasteiger charge is 2.04. The molecule has 0 aliphatic carbocycles. The number of hydrogen-bond acceptors (Lipinski definition) is 2. The molecule has 0 aromatic heterocycles. The van der Waals surface area contributed by atoms with E-state index < -0.39 is 0 Å². The second-order valence-electron chi connectivity index (χ2n) is 3.86. The van der Waals surface area contributed by atoms with E-state index >= 15 is 0 Å². The maximum atomic E-state index is 11.7. The van der Waals surface area contributed by atoms with Crippen LogP contribution in [0, 0.1) is 0 Å². The normalized spacial score (nSPS) is 10.6. The van der Waals surface area contributed by atoms with E-state index in [0.717, 1.165) is 5.56 Å². The fourth-order valence-corrected chi connectivity index (χ4v) is 1.47. The van der Waals surface area contributed by atoms with Crippen molar-refractivity contribution in [3.05, 3.63) is 40.9 Å². The quantitative estimate of drug-likeness (QED) is 0.667. The number of carbonyl (C=O) groups excluding carboxylic acids is 1. The smallest absolute Gasteiger partial charge is 0.246 e. The third kappa shape index (κ3) is 5.29. The molecule has 1 aromatic carbocycles. The van der Waals surface area contributed by atoms with Gasteiger partial charge >= 0.3 is 0 Å². The second kappa shape index (κ2) is 7.13. The summed E-state index contributed by atoms with van der Waals surface area (Å²) in [5.41, 5.74) is 6.31. The van der Waals surface area contributed by atoms with Crippen LogP contribution < -0.4 is 5.73 Å². The fourth-order valence-electron chi connectivity index (χ4n) is 1.26. The Morgan fingerprint density at radius 3 is 2.61 bits per heavy atom. The Balaban J connectivity index is 2.53. The maximum Gasteiger partial charge on any atom is 0.246 e. The van der Waals surface area contributed by atoms with Gasteiger partial charge in [-0.05, 0) is 23.8 Å². The van der Waals surface area contributed by atoms with Crippen LogP contribution in [-0.2, 0) is 4.79 Å². The van der Waals surface area contributed by atoms with E-state index in [-0.39, 0.29) is 5.91 Å². The van der Waals surface area contributed by atoms with Gasteiger partial charge in [-0.25, -0.2) is 0 Å². The lowest BCUT2D eigenvalue weighted by atomic mass is 10.2. The molecule has 0 fully saturated rings. The number of halogens is 1. The molecule has 0 bridgehead atoms. The fraction of sp³-hybridized carbons (Fsp3) is 0.231. The summed E-state index contributed by atoms with van der Waals surface area (Å²) in [7, 11) is 1.72. The topological polar surface area (TPSA) is 46.3 Å². The van der Waals surface area contributed by atoms with Crippen LogP contribution in [0.4, 0.5) is 0 Å². The van der Waals surface area contributed by atoms with Crippen molar-refractivity contribution in [2.45, 2.75) is 6.42 Å². The van der Waals surface area contributed by atoms with Crippen molar-refractivity contribution >= 4 is 40.8 Å². The summed E-state index contributed by atoms with van der Waals surface area (Å²) in [6, 6.07) is 7.26. The zero-order valence-corrected chi connectivity index (χ0v) is 11.7. The van der Waals surface area contributed by atoms with Crippen LogP contribution in [0.2, 0.25) is 5.02 Å². The van der Waals surface area contributed by atoms with Crippen molar-refractivity contribution in [3.8, 4) is 0 Å². The summed E-state index contributed by atoms with van der Waals surface area (Å²) >= 11 is 10.5. The molecule has 96 valence electrons. The van der Waals surface area contributed by atoms with Gasteiger partial charge in [-0.15, -0.1) is 0 Å².